The summed E-state index contributed by atoms with van der Waals surface area (Å²) in [5.74, 6) is 7.46. The molecule has 1 heterocycles. The molecule has 1 fully saturated rings. The van der Waals surface area contributed by atoms with Crippen molar-refractivity contribution in [3.05, 3.63) is 71.8 Å². The van der Waals surface area contributed by atoms with E-state index in [0.29, 0.717) is 0 Å². The minimum Gasteiger partial charge on any atom is -0.272 e. The second-order valence-electron chi connectivity index (χ2n) is 5.14. The van der Waals surface area contributed by atoms with Crippen LogP contribution in [0.4, 0.5) is 0 Å². The van der Waals surface area contributed by atoms with E-state index in [1.165, 1.54) is 17.5 Å². The number of β-lactam (4-membered cyclic amide) rings is 1. The van der Waals surface area contributed by atoms with Crippen LogP contribution in [0.3, 0.4) is 0 Å². The van der Waals surface area contributed by atoms with Crippen molar-refractivity contribution in [3.8, 4) is 11.8 Å². The van der Waals surface area contributed by atoms with Crippen molar-refractivity contribution < 1.29 is 4.79 Å². The summed E-state index contributed by atoms with van der Waals surface area (Å²) in [6.45, 7) is 0. The molecule has 1 saturated heterocycles. The molecule has 0 spiro atoms. The molecule has 3 rings (SSSR count). The summed E-state index contributed by atoms with van der Waals surface area (Å²) in [6, 6.07) is 20.1. The second-order valence-corrected chi connectivity index (χ2v) is 7.03. The molecule has 0 N–H and O–H groups in total. The lowest BCUT2D eigenvalue weighted by Gasteiger charge is -2.42. The first-order valence-electron chi connectivity index (χ1n) is 7.39. The fourth-order valence-electron chi connectivity index (χ4n) is 2.38. The smallest absolute Gasteiger partial charge is 0.249 e. The summed E-state index contributed by atoms with van der Waals surface area (Å²) in [7, 11) is 0. The maximum absolute atomic E-state index is 12.3. The van der Waals surface area contributed by atoms with Gasteiger partial charge in [-0.2, -0.15) is 0 Å². The number of carbonyl (C=O) groups is 1. The van der Waals surface area contributed by atoms with Gasteiger partial charge in [-0.15, -0.1) is 11.8 Å². The van der Waals surface area contributed by atoms with Gasteiger partial charge >= 0.3 is 0 Å². The third-order valence-corrected chi connectivity index (χ3v) is 5.73. The van der Waals surface area contributed by atoms with E-state index >= 15 is 0 Å². The van der Waals surface area contributed by atoms with E-state index < -0.39 is 0 Å². The normalized spacial score (nSPS) is 19.7. The third kappa shape index (κ3) is 3.74. The first kappa shape index (κ1) is 16.0. The van der Waals surface area contributed by atoms with Crippen LogP contribution in [0.5, 0.6) is 0 Å². The zero-order valence-electron chi connectivity index (χ0n) is 12.8. The predicted molar refractivity (Wildman–Crippen MR) is 99.0 cm³/mol. The highest BCUT2D eigenvalue weighted by Crippen LogP contribution is 2.36. The van der Waals surface area contributed by atoms with Gasteiger partial charge in [0.25, 0.3) is 0 Å². The summed E-state index contributed by atoms with van der Waals surface area (Å²) < 4.78 is 1.78. The minimum atomic E-state index is -0.0705. The molecule has 1 aliphatic rings. The monoisotopic (exact) mass is 339 g/mol. The van der Waals surface area contributed by atoms with E-state index in [4.69, 9.17) is 0 Å². The fourth-order valence-corrected chi connectivity index (χ4v) is 4.41. The Bertz CT molecular complexity index is 721. The second kappa shape index (κ2) is 7.63. The quantitative estimate of drug-likeness (QED) is 0.480. The summed E-state index contributed by atoms with van der Waals surface area (Å²) in [6.07, 6.45) is 1.92. The standard InChI is InChI=1S/C19H17NOS2/c1-22-20-17(13-12-15-8-4-2-5-9-15)18(19(20)21)23-14-16-10-6-3-7-11-16/h2-11,17-18H,14H2,1H3/t17-,18-/m1/s1. The van der Waals surface area contributed by atoms with Crippen LogP contribution in [0.25, 0.3) is 0 Å². The highest BCUT2D eigenvalue weighted by atomic mass is 32.2. The Hall–Kier alpha value is -1.83. The van der Waals surface area contributed by atoms with E-state index in [2.05, 4.69) is 24.0 Å². The van der Waals surface area contributed by atoms with E-state index in [9.17, 15) is 4.79 Å². The molecule has 0 aliphatic carbocycles. The van der Waals surface area contributed by atoms with Crippen LogP contribution >= 0.6 is 23.7 Å². The van der Waals surface area contributed by atoms with Gasteiger partial charge in [0.05, 0.1) is 0 Å². The van der Waals surface area contributed by atoms with Crippen LogP contribution in [-0.4, -0.2) is 27.8 Å². The minimum absolute atomic E-state index is 0.0218. The molecule has 0 radical (unpaired) electrons. The van der Waals surface area contributed by atoms with E-state index in [1.54, 1.807) is 16.1 Å². The molecule has 2 nitrogen and oxygen atoms in total. The molecule has 0 aromatic heterocycles. The third-order valence-electron chi connectivity index (χ3n) is 3.61. The predicted octanol–water partition coefficient (Wildman–Crippen LogP) is 3.83. The van der Waals surface area contributed by atoms with Gasteiger partial charge in [0, 0.05) is 17.6 Å². The Kier molecular flexibility index (Phi) is 5.32. The van der Waals surface area contributed by atoms with Crippen LogP contribution in [0.15, 0.2) is 60.7 Å². The Morgan fingerprint density at radius 1 is 1.04 bits per heavy atom. The van der Waals surface area contributed by atoms with Crippen LogP contribution < -0.4 is 0 Å². The summed E-state index contributed by atoms with van der Waals surface area (Å²) >= 11 is 3.14. The van der Waals surface area contributed by atoms with Crippen LogP contribution in [0.2, 0.25) is 0 Å². The Morgan fingerprint density at radius 2 is 1.70 bits per heavy atom. The van der Waals surface area contributed by atoms with Crippen molar-refractivity contribution in [1.29, 1.82) is 0 Å². The molecular formula is C19H17NOS2. The van der Waals surface area contributed by atoms with Gasteiger partial charge in [-0.25, -0.2) is 0 Å². The average Bonchev–Trinajstić information content (AvgIpc) is 2.60. The van der Waals surface area contributed by atoms with Crippen molar-refractivity contribution >= 4 is 29.6 Å². The van der Waals surface area contributed by atoms with Crippen molar-refractivity contribution in [2.24, 2.45) is 0 Å². The zero-order valence-corrected chi connectivity index (χ0v) is 14.4. The van der Waals surface area contributed by atoms with Crippen LogP contribution in [0, 0.1) is 11.8 Å². The number of carbonyl (C=O) groups excluding carboxylic acids is 1. The topological polar surface area (TPSA) is 20.3 Å². The fraction of sp³-hybridized carbons (Fsp3) is 0.211. The van der Waals surface area contributed by atoms with Gasteiger partial charge in [-0.1, -0.05) is 60.4 Å². The summed E-state index contributed by atoms with van der Waals surface area (Å²) in [5.41, 5.74) is 2.22. The number of nitrogens with zero attached hydrogens (tertiary/aromatic N) is 1. The van der Waals surface area contributed by atoms with Crippen molar-refractivity contribution in [3.63, 3.8) is 0 Å². The molecule has 2 atom stereocenters. The molecule has 0 bridgehead atoms. The molecule has 0 saturated carbocycles. The maximum atomic E-state index is 12.3. The van der Waals surface area contributed by atoms with E-state index in [0.717, 1.165) is 11.3 Å². The number of benzene rings is 2. The summed E-state index contributed by atoms with van der Waals surface area (Å²) in [4.78, 5) is 12.3. The molecule has 1 aliphatic heterocycles. The lowest BCUT2D eigenvalue weighted by Crippen LogP contribution is -2.59. The molecule has 1 amide bonds. The van der Waals surface area contributed by atoms with Crippen molar-refractivity contribution in [2.75, 3.05) is 6.26 Å². The Morgan fingerprint density at radius 3 is 2.35 bits per heavy atom. The van der Waals surface area contributed by atoms with Gasteiger partial charge in [-0.3, -0.25) is 9.10 Å². The number of amides is 1. The molecule has 23 heavy (non-hydrogen) atoms. The molecule has 116 valence electrons. The molecular weight excluding hydrogens is 322 g/mol. The largest absolute Gasteiger partial charge is 0.272 e. The van der Waals surface area contributed by atoms with Gasteiger partial charge in [0.15, 0.2) is 0 Å². The first-order valence-corrected chi connectivity index (χ1v) is 9.62. The lowest BCUT2D eigenvalue weighted by atomic mass is 10.1. The van der Waals surface area contributed by atoms with E-state index in [1.807, 2.05) is 54.8 Å². The molecule has 0 unspecified atom stereocenters. The van der Waals surface area contributed by atoms with Crippen molar-refractivity contribution in [1.82, 2.24) is 4.31 Å². The van der Waals surface area contributed by atoms with Gasteiger partial charge in [0.1, 0.15) is 11.3 Å². The number of thioether (sulfide) groups is 1. The zero-order chi connectivity index (χ0) is 16.1. The molecule has 2 aromatic carbocycles. The molecule has 2 aromatic rings. The first-order chi connectivity index (χ1) is 11.3. The number of rotatable bonds is 4. The van der Waals surface area contributed by atoms with Gasteiger partial charge in [0.2, 0.25) is 5.91 Å². The van der Waals surface area contributed by atoms with Gasteiger partial charge in [-0.05, 0) is 29.6 Å². The number of hydrogen-bond donors (Lipinski definition) is 0. The molecule has 4 heteroatoms. The SMILES string of the molecule is CSN1C(=O)[C@H](SCc2ccccc2)[C@H]1C#Cc1ccccc1. The highest BCUT2D eigenvalue weighted by Gasteiger charge is 2.46. The highest BCUT2D eigenvalue weighted by molar-refractivity contribution is 8.01. The average molecular weight is 339 g/mol. The van der Waals surface area contributed by atoms with E-state index in [-0.39, 0.29) is 17.2 Å². The van der Waals surface area contributed by atoms with Gasteiger partial charge < -0.3 is 0 Å². The Balaban J connectivity index is 1.69. The lowest BCUT2D eigenvalue weighted by molar-refractivity contribution is -0.133. The number of hydrogen-bond acceptors (Lipinski definition) is 3. The van der Waals surface area contributed by atoms with Crippen LogP contribution in [0.1, 0.15) is 11.1 Å². The maximum Gasteiger partial charge on any atom is 0.249 e. The van der Waals surface area contributed by atoms with Crippen LogP contribution in [-0.2, 0) is 10.5 Å². The summed E-state index contributed by atoms with van der Waals surface area (Å²) in [5, 5.41) is -0.0705. The van der Waals surface area contributed by atoms with Crippen molar-refractivity contribution in [2.45, 2.75) is 17.0 Å². The Labute approximate surface area is 145 Å².